The number of hydrogen-bond donors (Lipinski definition) is 2. The molecule has 1 aliphatic carbocycles. The summed E-state index contributed by atoms with van der Waals surface area (Å²) in [5, 5.41) is 2.84. The van der Waals surface area contributed by atoms with E-state index in [4.69, 9.17) is 0 Å². The monoisotopic (exact) mass is 356 g/mol. The quantitative estimate of drug-likeness (QED) is 0.749. The van der Waals surface area contributed by atoms with Crippen LogP contribution in [0.5, 0.6) is 0 Å². The predicted octanol–water partition coefficient (Wildman–Crippen LogP) is 2.82. The summed E-state index contributed by atoms with van der Waals surface area (Å²) in [6.45, 7) is 4.04. The van der Waals surface area contributed by atoms with Gasteiger partial charge in [-0.3, -0.25) is 9.52 Å². The molecule has 0 bridgehead atoms. The highest BCUT2D eigenvalue weighted by molar-refractivity contribution is 7.92. The summed E-state index contributed by atoms with van der Waals surface area (Å²) in [5.74, 6) is -0.00924. The van der Waals surface area contributed by atoms with Crippen LogP contribution < -0.4 is 10.0 Å². The highest BCUT2D eigenvalue weighted by atomic mass is 32.2. The maximum Gasteiger partial charge on any atom is 0.261 e. The molecule has 0 heterocycles. The minimum absolute atomic E-state index is 0.00924. The third kappa shape index (κ3) is 3.58. The average Bonchev–Trinajstić information content (AvgIpc) is 3.43. The van der Waals surface area contributed by atoms with Crippen LogP contribution in [0.4, 0.5) is 5.69 Å². The zero-order chi connectivity index (χ0) is 17.9. The zero-order valence-electron chi connectivity index (χ0n) is 13.7. The molecule has 2 N–H and O–H groups in total. The van der Waals surface area contributed by atoms with Crippen molar-refractivity contribution in [1.82, 2.24) is 5.32 Å². The van der Waals surface area contributed by atoms with Crippen molar-refractivity contribution in [2.45, 2.75) is 23.2 Å². The third-order valence-corrected chi connectivity index (χ3v) is 5.73. The average molecular weight is 356 g/mol. The highest BCUT2D eigenvalue weighted by Gasteiger charge is 2.50. The minimum Gasteiger partial charge on any atom is -0.352 e. The van der Waals surface area contributed by atoms with Crippen LogP contribution in [-0.2, 0) is 20.2 Å². The summed E-state index contributed by atoms with van der Waals surface area (Å²) in [5.41, 5.74) is 0.881. The van der Waals surface area contributed by atoms with Gasteiger partial charge in [0.15, 0.2) is 0 Å². The Morgan fingerprint density at radius 3 is 2.28 bits per heavy atom. The molecule has 1 amide bonds. The summed E-state index contributed by atoms with van der Waals surface area (Å²) < 4.78 is 27.2. The van der Waals surface area contributed by atoms with Gasteiger partial charge in [-0.2, -0.15) is 0 Å². The van der Waals surface area contributed by atoms with Gasteiger partial charge >= 0.3 is 0 Å². The van der Waals surface area contributed by atoms with Gasteiger partial charge in [-0.25, -0.2) is 8.42 Å². The van der Waals surface area contributed by atoms with Gasteiger partial charge in [0, 0.05) is 12.2 Å². The first-order valence-corrected chi connectivity index (χ1v) is 9.54. The first-order chi connectivity index (χ1) is 12.0. The fourth-order valence-corrected chi connectivity index (χ4v) is 3.86. The summed E-state index contributed by atoms with van der Waals surface area (Å²) in [7, 11) is -3.61. The molecule has 0 aromatic heterocycles. The molecule has 0 saturated heterocycles. The fraction of sp³-hybridized carbons (Fsp3) is 0.211. The first-order valence-electron chi connectivity index (χ1n) is 8.05. The molecule has 0 spiro atoms. The summed E-state index contributed by atoms with van der Waals surface area (Å²) >= 11 is 0. The number of carbonyl (C=O) groups is 1. The van der Waals surface area contributed by atoms with E-state index in [2.05, 4.69) is 16.6 Å². The first kappa shape index (κ1) is 17.2. The van der Waals surface area contributed by atoms with Gasteiger partial charge in [-0.05, 0) is 42.7 Å². The Balaban J connectivity index is 1.75. The summed E-state index contributed by atoms with van der Waals surface area (Å²) in [6.07, 6.45) is 3.24. The van der Waals surface area contributed by atoms with Crippen molar-refractivity contribution < 1.29 is 13.2 Å². The van der Waals surface area contributed by atoms with Gasteiger partial charge in [-0.15, -0.1) is 6.58 Å². The molecule has 1 saturated carbocycles. The molecule has 130 valence electrons. The van der Waals surface area contributed by atoms with Crippen LogP contribution in [0.1, 0.15) is 18.4 Å². The summed E-state index contributed by atoms with van der Waals surface area (Å²) in [6, 6.07) is 15.2. The molecule has 0 unspecified atom stereocenters. The normalized spacial score (nSPS) is 15.2. The van der Waals surface area contributed by atoms with Crippen molar-refractivity contribution in [3.05, 3.63) is 72.8 Å². The molecule has 2 aromatic rings. The van der Waals surface area contributed by atoms with Crippen molar-refractivity contribution in [3.8, 4) is 0 Å². The number of anilines is 1. The summed E-state index contributed by atoms with van der Waals surface area (Å²) in [4.78, 5) is 12.5. The van der Waals surface area contributed by atoms with Gasteiger partial charge < -0.3 is 5.32 Å². The second-order valence-corrected chi connectivity index (χ2v) is 7.76. The third-order valence-electron chi connectivity index (χ3n) is 4.33. The van der Waals surface area contributed by atoms with Crippen LogP contribution in [0.15, 0.2) is 72.1 Å². The fourth-order valence-electron chi connectivity index (χ4n) is 2.78. The van der Waals surface area contributed by atoms with Gasteiger partial charge in [0.2, 0.25) is 5.91 Å². The number of sulfonamides is 1. The van der Waals surface area contributed by atoms with E-state index < -0.39 is 15.4 Å². The molecule has 6 heteroatoms. The van der Waals surface area contributed by atoms with E-state index in [1.807, 2.05) is 12.1 Å². The lowest BCUT2D eigenvalue weighted by Crippen LogP contribution is -2.34. The van der Waals surface area contributed by atoms with Gasteiger partial charge in [0.25, 0.3) is 10.0 Å². The van der Waals surface area contributed by atoms with Crippen LogP contribution in [0, 0.1) is 0 Å². The van der Waals surface area contributed by atoms with E-state index in [0.29, 0.717) is 12.2 Å². The van der Waals surface area contributed by atoms with Crippen LogP contribution in [0.3, 0.4) is 0 Å². The molecule has 0 aliphatic heterocycles. The Hall–Kier alpha value is -2.60. The molecular weight excluding hydrogens is 336 g/mol. The highest BCUT2D eigenvalue weighted by Crippen LogP contribution is 2.48. The van der Waals surface area contributed by atoms with Crippen LogP contribution in [0.2, 0.25) is 0 Å². The minimum atomic E-state index is -3.61. The zero-order valence-corrected chi connectivity index (χ0v) is 14.6. The SMILES string of the molecule is C=CCNC(=O)C1(c2ccc(NS(=O)(=O)c3ccccc3)cc2)CC1. The lowest BCUT2D eigenvalue weighted by Gasteiger charge is -2.16. The Kier molecular flexibility index (Phi) is 4.63. The molecule has 0 radical (unpaired) electrons. The van der Waals surface area contributed by atoms with E-state index in [9.17, 15) is 13.2 Å². The Labute approximate surface area is 147 Å². The number of hydrogen-bond acceptors (Lipinski definition) is 3. The van der Waals surface area contributed by atoms with E-state index in [1.165, 1.54) is 0 Å². The standard InChI is InChI=1S/C19H20N2O3S/c1-2-14-20-18(22)19(12-13-19)15-8-10-16(11-9-15)21-25(23,24)17-6-4-3-5-7-17/h2-11,21H,1,12-14H2,(H,20,22). The largest absolute Gasteiger partial charge is 0.352 e. The molecule has 5 nitrogen and oxygen atoms in total. The van der Waals surface area contributed by atoms with Crippen molar-refractivity contribution >= 4 is 21.6 Å². The van der Waals surface area contributed by atoms with Gasteiger partial charge in [-0.1, -0.05) is 36.4 Å². The topological polar surface area (TPSA) is 75.3 Å². The Bertz CT molecular complexity index is 871. The molecule has 1 fully saturated rings. The van der Waals surface area contributed by atoms with E-state index in [1.54, 1.807) is 48.5 Å². The Morgan fingerprint density at radius 1 is 1.08 bits per heavy atom. The predicted molar refractivity (Wildman–Crippen MR) is 97.8 cm³/mol. The maximum absolute atomic E-state index is 12.3. The van der Waals surface area contributed by atoms with Crippen molar-refractivity contribution in [1.29, 1.82) is 0 Å². The number of benzene rings is 2. The molecule has 25 heavy (non-hydrogen) atoms. The molecule has 0 atom stereocenters. The van der Waals surface area contributed by atoms with E-state index in [-0.39, 0.29) is 10.8 Å². The second-order valence-electron chi connectivity index (χ2n) is 6.08. The lowest BCUT2D eigenvalue weighted by atomic mass is 9.95. The van der Waals surface area contributed by atoms with Gasteiger partial charge in [0.05, 0.1) is 10.3 Å². The molecular formula is C19H20N2O3S. The number of carbonyl (C=O) groups excluding carboxylic acids is 1. The Morgan fingerprint density at radius 2 is 1.72 bits per heavy atom. The number of amides is 1. The maximum atomic E-state index is 12.3. The molecule has 3 rings (SSSR count). The lowest BCUT2D eigenvalue weighted by molar-refractivity contribution is -0.123. The molecule has 1 aliphatic rings. The molecule has 2 aromatic carbocycles. The number of nitrogens with one attached hydrogen (secondary N) is 2. The van der Waals surface area contributed by atoms with Crippen molar-refractivity contribution in [2.75, 3.05) is 11.3 Å². The van der Waals surface area contributed by atoms with E-state index >= 15 is 0 Å². The van der Waals surface area contributed by atoms with Crippen molar-refractivity contribution in [2.24, 2.45) is 0 Å². The van der Waals surface area contributed by atoms with E-state index in [0.717, 1.165) is 18.4 Å². The van der Waals surface area contributed by atoms with Crippen LogP contribution >= 0.6 is 0 Å². The van der Waals surface area contributed by atoms with Crippen LogP contribution in [-0.4, -0.2) is 20.9 Å². The van der Waals surface area contributed by atoms with Crippen LogP contribution in [0.25, 0.3) is 0 Å². The number of rotatable bonds is 7. The van der Waals surface area contributed by atoms with Gasteiger partial charge in [0.1, 0.15) is 0 Å². The smallest absolute Gasteiger partial charge is 0.261 e. The van der Waals surface area contributed by atoms with Crippen molar-refractivity contribution in [3.63, 3.8) is 0 Å². The second kappa shape index (κ2) is 6.72.